The number of anilines is 2. The fourth-order valence-corrected chi connectivity index (χ4v) is 4.18. The molecule has 194 valence electrons. The van der Waals surface area contributed by atoms with Crippen molar-refractivity contribution < 1.29 is 18.5 Å². The van der Waals surface area contributed by atoms with Crippen molar-refractivity contribution in [1.29, 1.82) is 0 Å². The fourth-order valence-electron chi connectivity index (χ4n) is 4.18. The van der Waals surface area contributed by atoms with Gasteiger partial charge in [0.1, 0.15) is 5.82 Å². The van der Waals surface area contributed by atoms with Crippen LogP contribution in [0.4, 0.5) is 16.1 Å². The molecule has 10 nitrogen and oxygen atoms in total. The van der Waals surface area contributed by atoms with Crippen molar-refractivity contribution in [3.8, 4) is 11.3 Å². The van der Waals surface area contributed by atoms with Crippen LogP contribution in [-0.4, -0.2) is 51.3 Å². The highest BCUT2D eigenvalue weighted by Crippen LogP contribution is 2.21. The molecule has 1 saturated heterocycles. The SMILES string of the molecule is Cc1noc(NC(=O)c2ccc(N3CCC(NC(=O)c4ccc(-c5cccc(F)c5)nc4)CC3)nn2)c1C. The molecular formula is C27H26FN7O3. The van der Waals surface area contributed by atoms with E-state index in [-0.39, 0.29) is 23.5 Å². The average molecular weight is 516 g/mol. The molecule has 0 aliphatic carbocycles. The monoisotopic (exact) mass is 515 g/mol. The number of amides is 2. The zero-order valence-electron chi connectivity index (χ0n) is 20.9. The van der Waals surface area contributed by atoms with E-state index in [1.807, 2.05) is 6.92 Å². The maximum Gasteiger partial charge on any atom is 0.278 e. The van der Waals surface area contributed by atoms with Gasteiger partial charge in [-0.1, -0.05) is 17.3 Å². The summed E-state index contributed by atoms with van der Waals surface area (Å²) >= 11 is 0. The van der Waals surface area contributed by atoms with Gasteiger partial charge in [-0.25, -0.2) is 4.39 Å². The minimum atomic E-state index is -0.428. The van der Waals surface area contributed by atoms with Crippen LogP contribution in [-0.2, 0) is 0 Å². The third kappa shape index (κ3) is 5.51. The zero-order chi connectivity index (χ0) is 26.6. The van der Waals surface area contributed by atoms with Gasteiger partial charge in [0, 0.05) is 36.5 Å². The molecule has 1 fully saturated rings. The van der Waals surface area contributed by atoms with Gasteiger partial charge in [-0.15, -0.1) is 10.2 Å². The number of hydrogen-bond acceptors (Lipinski definition) is 8. The van der Waals surface area contributed by atoms with Gasteiger partial charge in [0.25, 0.3) is 11.8 Å². The highest BCUT2D eigenvalue weighted by molar-refractivity contribution is 6.02. The lowest BCUT2D eigenvalue weighted by Gasteiger charge is -2.32. The summed E-state index contributed by atoms with van der Waals surface area (Å²) in [6.07, 6.45) is 2.96. The Bertz CT molecular complexity index is 1450. The molecule has 0 bridgehead atoms. The van der Waals surface area contributed by atoms with Crippen LogP contribution in [0.1, 0.15) is 44.9 Å². The van der Waals surface area contributed by atoms with Gasteiger partial charge < -0.3 is 14.7 Å². The van der Waals surface area contributed by atoms with E-state index in [0.717, 1.165) is 18.4 Å². The largest absolute Gasteiger partial charge is 0.355 e. The molecule has 0 atom stereocenters. The first-order chi connectivity index (χ1) is 18.4. The first-order valence-corrected chi connectivity index (χ1v) is 12.2. The quantitative estimate of drug-likeness (QED) is 0.396. The second-order valence-electron chi connectivity index (χ2n) is 9.13. The van der Waals surface area contributed by atoms with Crippen molar-refractivity contribution in [3.63, 3.8) is 0 Å². The van der Waals surface area contributed by atoms with Crippen LogP contribution < -0.4 is 15.5 Å². The first-order valence-electron chi connectivity index (χ1n) is 12.2. The molecule has 0 saturated carbocycles. The Labute approximate surface area is 218 Å². The molecule has 1 aromatic carbocycles. The molecule has 0 spiro atoms. The standard InChI is InChI=1S/C27H26FN7O3/c1-16-17(2)34-38-27(16)31-26(37)23-8-9-24(33-32-23)35-12-10-21(11-13-35)30-25(36)19-6-7-22(29-15-19)18-4-3-5-20(28)14-18/h3-9,14-15,21H,10-13H2,1-2H3,(H,30,36)(H,31,37). The number of rotatable bonds is 6. The second kappa shape index (κ2) is 10.8. The Morgan fingerprint density at radius 3 is 2.47 bits per heavy atom. The fraction of sp³-hybridized carbons (Fsp3) is 0.259. The number of halogens is 1. The van der Waals surface area contributed by atoms with Crippen molar-refractivity contribution in [2.75, 3.05) is 23.3 Å². The van der Waals surface area contributed by atoms with Gasteiger partial charge in [-0.3, -0.25) is 19.9 Å². The number of nitrogens with zero attached hydrogens (tertiary/aromatic N) is 5. The zero-order valence-corrected chi connectivity index (χ0v) is 20.9. The van der Waals surface area contributed by atoms with Crippen molar-refractivity contribution in [1.82, 2.24) is 25.7 Å². The summed E-state index contributed by atoms with van der Waals surface area (Å²) in [4.78, 5) is 31.6. The average Bonchev–Trinajstić information content (AvgIpc) is 3.26. The van der Waals surface area contributed by atoms with E-state index >= 15 is 0 Å². The van der Waals surface area contributed by atoms with Crippen molar-refractivity contribution >= 4 is 23.5 Å². The first kappa shape index (κ1) is 25.0. The lowest BCUT2D eigenvalue weighted by Crippen LogP contribution is -2.45. The number of pyridine rings is 1. The Morgan fingerprint density at radius 2 is 1.84 bits per heavy atom. The predicted octanol–water partition coefficient (Wildman–Crippen LogP) is 3.93. The van der Waals surface area contributed by atoms with Gasteiger partial charge >= 0.3 is 0 Å². The van der Waals surface area contributed by atoms with E-state index in [9.17, 15) is 14.0 Å². The molecule has 1 aliphatic rings. The Balaban J connectivity index is 1.12. The lowest BCUT2D eigenvalue weighted by molar-refractivity contribution is 0.0930. The Kier molecular flexibility index (Phi) is 7.07. The number of carbonyl (C=O) groups excluding carboxylic acids is 2. The summed E-state index contributed by atoms with van der Waals surface area (Å²) in [5, 5.41) is 17.8. The van der Waals surface area contributed by atoms with E-state index in [4.69, 9.17) is 4.52 Å². The Morgan fingerprint density at radius 1 is 1.03 bits per heavy atom. The minimum absolute atomic E-state index is 0.00765. The number of nitrogens with one attached hydrogen (secondary N) is 2. The molecule has 4 heterocycles. The molecule has 38 heavy (non-hydrogen) atoms. The van der Waals surface area contributed by atoms with Crippen molar-refractivity contribution in [2.45, 2.75) is 32.7 Å². The molecular weight excluding hydrogens is 489 g/mol. The Hall–Kier alpha value is -4.67. The summed E-state index contributed by atoms with van der Waals surface area (Å²) < 4.78 is 18.6. The third-order valence-electron chi connectivity index (χ3n) is 6.57. The highest BCUT2D eigenvalue weighted by atomic mass is 19.1. The van der Waals surface area contributed by atoms with Gasteiger partial charge in [-0.05, 0) is 63.1 Å². The van der Waals surface area contributed by atoms with Gasteiger partial charge in [0.05, 0.1) is 17.0 Å². The number of aromatic nitrogens is 4. The number of carbonyl (C=O) groups is 2. The van der Waals surface area contributed by atoms with Gasteiger partial charge in [0.2, 0.25) is 5.88 Å². The lowest BCUT2D eigenvalue weighted by atomic mass is 10.0. The van der Waals surface area contributed by atoms with E-state index in [2.05, 4.69) is 35.9 Å². The van der Waals surface area contributed by atoms with E-state index in [1.54, 1.807) is 43.3 Å². The van der Waals surface area contributed by atoms with Crippen molar-refractivity contribution in [2.24, 2.45) is 0 Å². The van der Waals surface area contributed by atoms with Gasteiger partial charge in [0.15, 0.2) is 11.5 Å². The summed E-state index contributed by atoms with van der Waals surface area (Å²) in [6.45, 7) is 4.96. The van der Waals surface area contributed by atoms with E-state index in [0.29, 0.717) is 47.3 Å². The topological polar surface area (TPSA) is 126 Å². The molecule has 3 aromatic heterocycles. The summed E-state index contributed by atoms with van der Waals surface area (Å²) in [5.41, 5.74) is 3.33. The van der Waals surface area contributed by atoms with Crippen LogP contribution in [0.15, 0.2) is 59.3 Å². The summed E-state index contributed by atoms with van der Waals surface area (Å²) in [5.74, 6) is -0.00826. The van der Waals surface area contributed by atoms with Crippen LogP contribution in [0, 0.1) is 19.7 Å². The normalized spacial score (nSPS) is 13.8. The maximum absolute atomic E-state index is 13.5. The third-order valence-corrected chi connectivity index (χ3v) is 6.57. The molecule has 2 amide bonds. The van der Waals surface area contributed by atoms with Crippen LogP contribution in [0.2, 0.25) is 0 Å². The van der Waals surface area contributed by atoms with Crippen LogP contribution in [0.25, 0.3) is 11.3 Å². The molecule has 0 unspecified atom stereocenters. The molecule has 11 heteroatoms. The number of aryl methyl sites for hydroxylation is 1. The maximum atomic E-state index is 13.5. The minimum Gasteiger partial charge on any atom is -0.355 e. The number of hydrogen-bond donors (Lipinski definition) is 2. The molecule has 5 rings (SSSR count). The number of piperidine rings is 1. The van der Waals surface area contributed by atoms with E-state index < -0.39 is 5.91 Å². The second-order valence-corrected chi connectivity index (χ2v) is 9.13. The molecule has 4 aromatic rings. The van der Waals surface area contributed by atoms with Gasteiger partial charge in [-0.2, -0.15) is 0 Å². The molecule has 2 N–H and O–H groups in total. The number of benzene rings is 1. The highest BCUT2D eigenvalue weighted by Gasteiger charge is 2.23. The van der Waals surface area contributed by atoms with Crippen LogP contribution in [0.3, 0.4) is 0 Å². The predicted molar refractivity (Wildman–Crippen MR) is 138 cm³/mol. The summed E-state index contributed by atoms with van der Waals surface area (Å²) in [7, 11) is 0. The van der Waals surface area contributed by atoms with Crippen LogP contribution in [0.5, 0.6) is 0 Å². The van der Waals surface area contributed by atoms with E-state index in [1.165, 1.54) is 18.3 Å². The smallest absolute Gasteiger partial charge is 0.278 e. The van der Waals surface area contributed by atoms with Crippen LogP contribution >= 0.6 is 0 Å². The molecule has 0 radical (unpaired) electrons. The molecule has 1 aliphatic heterocycles. The summed E-state index contributed by atoms with van der Waals surface area (Å²) in [6, 6.07) is 13.0. The van der Waals surface area contributed by atoms with Crippen molar-refractivity contribution in [3.05, 3.63) is 83.1 Å².